The predicted octanol–water partition coefficient (Wildman–Crippen LogP) is 2.27. The van der Waals surface area contributed by atoms with Crippen LogP contribution in [0.1, 0.15) is 25.8 Å². The summed E-state index contributed by atoms with van der Waals surface area (Å²) in [6, 6.07) is 8.30. The van der Waals surface area contributed by atoms with Crippen LogP contribution in [0, 0.1) is 0 Å². The normalized spacial score (nSPS) is 25.1. The van der Waals surface area contributed by atoms with Gasteiger partial charge in [-0.1, -0.05) is 25.1 Å². The third-order valence-corrected chi connectivity index (χ3v) is 3.92. The molecule has 1 aromatic rings. The fraction of sp³-hybridized carbons (Fsp3) is 0.600. The molecular formula is C15H24N2O. The summed E-state index contributed by atoms with van der Waals surface area (Å²) >= 11 is 0. The van der Waals surface area contributed by atoms with Gasteiger partial charge in [0.25, 0.3) is 0 Å². The molecule has 3 nitrogen and oxygen atoms in total. The second-order valence-electron chi connectivity index (χ2n) is 5.36. The summed E-state index contributed by atoms with van der Waals surface area (Å²) in [5.41, 5.74) is 1.53. The Labute approximate surface area is 110 Å². The van der Waals surface area contributed by atoms with E-state index >= 15 is 0 Å². The van der Waals surface area contributed by atoms with Gasteiger partial charge < -0.3 is 10.1 Å². The Morgan fingerprint density at radius 1 is 1.39 bits per heavy atom. The molecule has 0 aromatic heterocycles. The van der Waals surface area contributed by atoms with E-state index in [1.807, 2.05) is 12.1 Å². The highest BCUT2D eigenvalue weighted by atomic mass is 16.5. The fourth-order valence-corrected chi connectivity index (χ4v) is 2.59. The van der Waals surface area contributed by atoms with Gasteiger partial charge in [0.05, 0.1) is 7.11 Å². The van der Waals surface area contributed by atoms with Crippen molar-refractivity contribution in [2.45, 2.75) is 32.4 Å². The van der Waals surface area contributed by atoms with Gasteiger partial charge in [-0.25, -0.2) is 0 Å². The largest absolute Gasteiger partial charge is 0.496 e. The van der Waals surface area contributed by atoms with E-state index in [-0.39, 0.29) is 5.54 Å². The maximum absolute atomic E-state index is 5.42. The summed E-state index contributed by atoms with van der Waals surface area (Å²) in [6.07, 6.45) is 1.16. The van der Waals surface area contributed by atoms with Gasteiger partial charge in [-0.15, -0.1) is 0 Å². The van der Waals surface area contributed by atoms with Gasteiger partial charge in [0, 0.05) is 37.3 Å². The number of benzene rings is 1. The highest BCUT2D eigenvalue weighted by Gasteiger charge is 2.28. The topological polar surface area (TPSA) is 24.5 Å². The van der Waals surface area contributed by atoms with Gasteiger partial charge in [0.2, 0.25) is 0 Å². The molecule has 18 heavy (non-hydrogen) atoms. The molecule has 1 aliphatic rings. The number of nitrogens with zero attached hydrogens (tertiary/aromatic N) is 1. The molecule has 3 heteroatoms. The van der Waals surface area contributed by atoms with Gasteiger partial charge in [0.1, 0.15) is 5.75 Å². The Morgan fingerprint density at radius 2 is 2.17 bits per heavy atom. The number of nitrogens with one attached hydrogen (secondary N) is 1. The van der Waals surface area contributed by atoms with E-state index in [2.05, 4.69) is 36.2 Å². The Kier molecular flexibility index (Phi) is 4.25. The summed E-state index contributed by atoms with van der Waals surface area (Å²) in [5.74, 6) is 0.995. The van der Waals surface area contributed by atoms with E-state index in [0.717, 1.165) is 38.3 Å². The first-order chi connectivity index (χ1) is 8.67. The van der Waals surface area contributed by atoms with E-state index in [4.69, 9.17) is 4.74 Å². The van der Waals surface area contributed by atoms with Crippen LogP contribution in [0.4, 0.5) is 0 Å². The van der Waals surface area contributed by atoms with Gasteiger partial charge in [-0.3, -0.25) is 4.90 Å². The molecule has 1 aliphatic heterocycles. The number of para-hydroxylation sites is 1. The SMILES string of the molecule is CCC1(C)CN(Cc2ccccc2OC)CCN1. The lowest BCUT2D eigenvalue weighted by atomic mass is 9.95. The average molecular weight is 248 g/mol. The van der Waals surface area contributed by atoms with E-state index in [1.165, 1.54) is 5.56 Å². The van der Waals surface area contributed by atoms with Crippen molar-refractivity contribution >= 4 is 0 Å². The first-order valence-electron chi connectivity index (χ1n) is 6.76. The third-order valence-electron chi connectivity index (χ3n) is 3.92. The summed E-state index contributed by atoms with van der Waals surface area (Å²) in [7, 11) is 1.74. The molecule has 0 saturated carbocycles. The van der Waals surface area contributed by atoms with Crippen molar-refractivity contribution in [3.63, 3.8) is 0 Å². The van der Waals surface area contributed by atoms with Crippen molar-refractivity contribution in [2.24, 2.45) is 0 Å². The lowest BCUT2D eigenvalue weighted by Gasteiger charge is -2.41. The minimum atomic E-state index is 0.250. The van der Waals surface area contributed by atoms with Crippen LogP contribution < -0.4 is 10.1 Å². The molecule has 1 unspecified atom stereocenters. The van der Waals surface area contributed by atoms with Gasteiger partial charge in [-0.2, -0.15) is 0 Å². The minimum Gasteiger partial charge on any atom is -0.496 e. The average Bonchev–Trinajstić information content (AvgIpc) is 2.39. The summed E-state index contributed by atoms with van der Waals surface area (Å²) < 4.78 is 5.42. The Morgan fingerprint density at radius 3 is 2.89 bits per heavy atom. The van der Waals surface area contributed by atoms with Crippen LogP contribution >= 0.6 is 0 Å². The van der Waals surface area contributed by atoms with Crippen molar-refractivity contribution in [1.29, 1.82) is 0 Å². The van der Waals surface area contributed by atoms with Crippen molar-refractivity contribution in [3.8, 4) is 5.75 Å². The van der Waals surface area contributed by atoms with Crippen LogP contribution in [-0.2, 0) is 6.54 Å². The van der Waals surface area contributed by atoms with Gasteiger partial charge in [0.15, 0.2) is 0 Å². The zero-order valence-electron chi connectivity index (χ0n) is 11.7. The molecule has 0 bridgehead atoms. The number of methoxy groups -OCH3 is 1. The standard InChI is InChI=1S/C15H24N2O/c1-4-15(2)12-17(10-9-16-15)11-13-7-5-6-8-14(13)18-3/h5-8,16H,4,9-12H2,1-3H3. The van der Waals surface area contributed by atoms with E-state index in [0.29, 0.717) is 0 Å². The highest BCUT2D eigenvalue weighted by molar-refractivity contribution is 5.33. The molecule has 1 N–H and O–H groups in total. The van der Waals surface area contributed by atoms with Crippen LogP contribution in [0.15, 0.2) is 24.3 Å². The molecule has 0 radical (unpaired) electrons. The van der Waals surface area contributed by atoms with E-state index in [1.54, 1.807) is 7.11 Å². The number of hydrogen-bond acceptors (Lipinski definition) is 3. The summed E-state index contributed by atoms with van der Waals surface area (Å²) in [5, 5.41) is 3.62. The highest BCUT2D eigenvalue weighted by Crippen LogP contribution is 2.22. The van der Waals surface area contributed by atoms with Crippen LogP contribution in [0.3, 0.4) is 0 Å². The molecule has 2 rings (SSSR count). The van der Waals surface area contributed by atoms with E-state index in [9.17, 15) is 0 Å². The molecule has 0 spiro atoms. The van der Waals surface area contributed by atoms with Crippen LogP contribution in [0.25, 0.3) is 0 Å². The zero-order valence-corrected chi connectivity index (χ0v) is 11.7. The first-order valence-corrected chi connectivity index (χ1v) is 6.76. The molecule has 1 fully saturated rings. The fourth-order valence-electron chi connectivity index (χ4n) is 2.59. The number of piperazine rings is 1. The Balaban J connectivity index is 2.05. The lowest BCUT2D eigenvalue weighted by Crippen LogP contribution is -2.58. The maximum Gasteiger partial charge on any atom is 0.123 e. The van der Waals surface area contributed by atoms with Crippen LogP contribution in [0.2, 0.25) is 0 Å². The molecule has 1 atom stereocenters. The van der Waals surface area contributed by atoms with Crippen LogP contribution in [-0.4, -0.2) is 37.2 Å². The third kappa shape index (κ3) is 3.03. The second kappa shape index (κ2) is 5.72. The predicted molar refractivity (Wildman–Crippen MR) is 75.0 cm³/mol. The molecule has 0 aliphatic carbocycles. The van der Waals surface area contributed by atoms with Crippen molar-refractivity contribution in [3.05, 3.63) is 29.8 Å². The molecule has 1 aromatic carbocycles. The first kappa shape index (κ1) is 13.4. The Hall–Kier alpha value is -1.06. The molecule has 1 heterocycles. The molecule has 0 amide bonds. The smallest absolute Gasteiger partial charge is 0.123 e. The van der Waals surface area contributed by atoms with Crippen molar-refractivity contribution in [1.82, 2.24) is 10.2 Å². The zero-order chi connectivity index (χ0) is 13.0. The number of ether oxygens (including phenoxy) is 1. The number of hydrogen-bond donors (Lipinski definition) is 1. The molecular weight excluding hydrogens is 224 g/mol. The minimum absolute atomic E-state index is 0.250. The van der Waals surface area contributed by atoms with Crippen LogP contribution in [0.5, 0.6) is 5.75 Å². The van der Waals surface area contributed by atoms with Crippen molar-refractivity contribution in [2.75, 3.05) is 26.7 Å². The quantitative estimate of drug-likeness (QED) is 0.884. The Bertz CT molecular complexity index is 394. The van der Waals surface area contributed by atoms with Crippen molar-refractivity contribution < 1.29 is 4.74 Å². The van der Waals surface area contributed by atoms with Gasteiger partial charge in [-0.05, 0) is 19.4 Å². The summed E-state index contributed by atoms with van der Waals surface area (Å²) in [6.45, 7) is 8.80. The summed E-state index contributed by atoms with van der Waals surface area (Å²) in [4.78, 5) is 2.51. The molecule has 100 valence electrons. The second-order valence-corrected chi connectivity index (χ2v) is 5.36. The van der Waals surface area contributed by atoms with E-state index < -0.39 is 0 Å². The lowest BCUT2D eigenvalue weighted by molar-refractivity contribution is 0.132. The number of rotatable bonds is 4. The monoisotopic (exact) mass is 248 g/mol. The molecule has 1 saturated heterocycles. The maximum atomic E-state index is 5.42. The van der Waals surface area contributed by atoms with Gasteiger partial charge >= 0.3 is 0 Å².